The minimum Gasteiger partial charge on any atom is -0.493 e. The van der Waals surface area contributed by atoms with E-state index in [4.69, 9.17) is 4.74 Å². The summed E-state index contributed by atoms with van der Waals surface area (Å²) >= 11 is 0. The second-order valence-corrected chi connectivity index (χ2v) is 5.16. The minimum absolute atomic E-state index is 0.00000249. The lowest BCUT2D eigenvalue weighted by Crippen LogP contribution is -2.41. The molecule has 114 valence electrons. The van der Waals surface area contributed by atoms with Crippen molar-refractivity contribution in [3.8, 4) is 5.75 Å². The molecule has 1 rings (SSSR count). The molecule has 0 bridgehead atoms. The zero-order valence-electron chi connectivity index (χ0n) is 12.9. The van der Waals surface area contributed by atoms with Gasteiger partial charge in [0.2, 0.25) is 0 Å². The predicted molar refractivity (Wildman–Crippen MR) is 81.1 cm³/mol. The van der Waals surface area contributed by atoms with E-state index in [9.17, 15) is 10.2 Å². The van der Waals surface area contributed by atoms with E-state index in [1.165, 1.54) is 0 Å². The third-order valence-corrected chi connectivity index (χ3v) is 3.47. The zero-order chi connectivity index (χ0) is 15.1. The molecule has 3 unspecified atom stereocenters. The molecule has 0 fully saturated rings. The molecule has 0 saturated carbocycles. The summed E-state index contributed by atoms with van der Waals surface area (Å²) in [6.07, 6.45) is 0.150. The average molecular weight is 281 g/mol. The summed E-state index contributed by atoms with van der Waals surface area (Å²) in [7, 11) is 0. The fourth-order valence-electron chi connectivity index (χ4n) is 2.22. The maximum absolute atomic E-state index is 10.5. The Kier molecular flexibility index (Phi) is 6.99. The van der Waals surface area contributed by atoms with E-state index in [0.29, 0.717) is 6.61 Å². The largest absolute Gasteiger partial charge is 0.493 e. The number of rotatable bonds is 8. The van der Waals surface area contributed by atoms with Gasteiger partial charge in [-0.3, -0.25) is 0 Å². The monoisotopic (exact) mass is 281 g/mol. The van der Waals surface area contributed by atoms with Crippen molar-refractivity contribution >= 4 is 0 Å². The van der Waals surface area contributed by atoms with Crippen LogP contribution in [-0.4, -0.2) is 35.5 Å². The molecule has 0 saturated heterocycles. The van der Waals surface area contributed by atoms with Gasteiger partial charge in [0.05, 0.1) is 19.3 Å². The lowest BCUT2D eigenvalue weighted by Gasteiger charge is -2.26. The van der Waals surface area contributed by atoms with Crippen molar-refractivity contribution in [3.05, 3.63) is 29.3 Å². The Bertz CT molecular complexity index is 405. The molecule has 0 spiro atoms. The average Bonchev–Trinajstić information content (AvgIpc) is 2.45. The van der Waals surface area contributed by atoms with Crippen molar-refractivity contribution in [2.24, 2.45) is 0 Å². The number of aliphatic hydroxyl groups excluding tert-OH is 2. The molecule has 0 radical (unpaired) electrons. The molecule has 20 heavy (non-hydrogen) atoms. The molecule has 1 aromatic carbocycles. The molecule has 3 atom stereocenters. The van der Waals surface area contributed by atoms with Crippen molar-refractivity contribution in [2.75, 3.05) is 13.2 Å². The third-order valence-electron chi connectivity index (χ3n) is 3.47. The summed E-state index contributed by atoms with van der Waals surface area (Å²) in [6.45, 7) is 8.48. The molecule has 0 heterocycles. The molecule has 0 amide bonds. The van der Waals surface area contributed by atoms with Crippen LogP contribution in [0.15, 0.2) is 18.2 Å². The third kappa shape index (κ3) is 4.47. The van der Waals surface area contributed by atoms with Gasteiger partial charge in [-0.2, -0.15) is 0 Å². The van der Waals surface area contributed by atoms with Crippen LogP contribution >= 0.6 is 0 Å². The second kappa shape index (κ2) is 8.25. The van der Waals surface area contributed by atoms with Crippen LogP contribution < -0.4 is 10.1 Å². The van der Waals surface area contributed by atoms with Crippen molar-refractivity contribution in [2.45, 2.75) is 52.3 Å². The summed E-state index contributed by atoms with van der Waals surface area (Å²) in [6, 6.07) is 5.66. The first-order valence-electron chi connectivity index (χ1n) is 7.31. The summed E-state index contributed by atoms with van der Waals surface area (Å²) in [5.74, 6) is 0.719. The van der Waals surface area contributed by atoms with Crippen LogP contribution in [0.4, 0.5) is 0 Å². The molecular weight excluding hydrogens is 254 g/mol. The predicted octanol–water partition coefficient (Wildman–Crippen LogP) is 2.18. The number of benzene rings is 1. The van der Waals surface area contributed by atoms with Crippen LogP contribution in [0, 0.1) is 6.92 Å². The van der Waals surface area contributed by atoms with Gasteiger partial charge in [0.25, 0.3) is 0 Å². The zero-order valence-corrected chi connectivity index (χ0v) is 12.9. The summed E-state index contributed by atoms with van der Waals surface area (Å²) in [5.41, 5.74) is 1.88. The Morgan fingerprint density at radius 1 is 1.30 bits per heavy atom. The molecule has 0 aliphatic carbocycles. The van der Waals surface area contributed by atoms with Crippen LogP contribution in [0.2, 0.25) is 0 Å². The molecule has 0 aliphatic heterocycles. The van der Waals surface area contributed by atoms with Gasteiger partial charge in [0.1, 0.15) is 5.75 Å². The maximum Gasteiger partial charge on any atom is 0.125 e. The Balaban J connectivity index is 2.89. The van der Waals surface area contributed by atoms with E-state index in [-0.39, 0.29) is 18.7 Å². The number of aliphatic hydroxyl groups is 2. The van der Waals surface area contributed by atoms with Crippen LogP contribution in [0.25, 0.3) is 0 Å². The van der Waals surface area contributed by atoms with E-state index in [0.717, 1.165) is 23.3 Å². The Morgan fingerprint density at radius 3 is 2.55 bits per heavy atom. The molecule has 1 aromatic rings. The van der Waals surface area contributed by atoms with Crippen LogP contribution in [-0.2, 0) is 0 Å². The van der Waals surface area contributed by atoms with Crippen molar-refractivity contribution in [3.63, 3.8) is 0 Å². The molecule has 4 heteroatoms. The first-order chi connectivity index (χ1) is 9.53. The molecule has 0 aliphatic rings. The van der Waals surface area contributed by atoms with Crippen molar-refractivity contribution in [1.29, 1.82) is 0 Å². The molecule has 0 aromatic heterocycles. The van der Waals surface area contributed by atoms with Gasteiger partial charge in [-0.05, 0) is 39.3 Å². The number of hydrogen-bond acceptors (Lipinski definition) is 4. The van der Waals surface area contributed by atoms with Gasteiger partial charge in [-0.25, -0.2) is 0 Å². The lowest BCUT2D eigenvalue weighted by molar-refractivity contribution is 0.115. The van der Waals surface area contributed by atoms with Gasteiger partial charge in [0, 0.05) is 17.6 Å². The Hall–Kier alpha value is -1.10. The van der Waals surface area contributed by atoms with Crippen LogP contribution in [0.5, 0.6) is 5.75 Å². The summed E-state index contributed by atoms with van der Waals surface area (Å²) in [4.78, 5) is 0. The first-order valence-corrected chi connectivity index (χ1v) is 7.31. The van der Waals surface area contributed by atoms with E-state index in [1.807, 2.05) is 45.9 Å². The van der Waals surface area contributed by atoms with E-state index < -0.39 is 6.10 Å². The smallest absolute Gasteiger partial charge is 0.125 e. The van der Waals surface area contributed by atoms with Gasteiger partial charge in [-0.1, -0.05) is 18.6 Å². The fraction of sp³-hybridized carbons (Fsp3) is 0.625. The Labute approximate surface area is 121 Å². The van der Waals surface area contributed by atoms with Gasteiger partial charge in [0.15, 0.2) is 0 Å². The van der Waals surface area contributed by atoms with Crippen molar-refractivity contribution in [1.82, 2.24) is 5.32 Å². The van der Waals surface area contributed by atoms with Gasteiger partial charge >= 0.3 is 0 Å². The number of hydrogen-bond donors (Lipinski definition) is 3. The molecular formula is C16H27NO3. The van der Waals surface area contributed by atoms with Gasteiger partial charge in [-0.15, -0.1) is 0 Å². The minimum atomic E-state index is -0.669. The molecule has 3 N–H and O–H groups in total. The highest BCUT2D eigenvalue weighted by molar-refractivity contribution is 5.39. The van der Waals surface area contributed by atoms with E-state index in [1.54, 1.807) is 0 Å². The van der Waals surface area contributed by atoms with Gasteiger partial charge < -0.3 is 20.3 Å². The summed E-state index contributed by atoms with van der Waals surface area (Å²) in [5, 5.41) is 23.0. The first kappa shape index (κ1) is 17.0. The highest BCUT2D eigenvalue weighted by Crippen LogP contribution is 2.28. The van der Waals surface area contributed by atoms with Crippen LogP contribution in [0.1, 0.15) is 44.4 Å². The highest BCUT2D eigenvalue weighted by atomic mass is 16.5. The second-order valence-electron chi connectivity index (χ2n) is 5.16. The lowest BCUT2D eigenvalue weighted by atomic mass is 9.99. The quantitative estimate of drug-likeness (QED) is 0.683. The normalized spacial score (nSPS) is 15.7. The molecule has 4 nitrogen and oxygen atoms in total. The number of nitrogens with one attached hydrogen (secondary N) is 1. The van der Waals surface area contributed by atoms with Crippen LogP contribution in [0.3, 0.4) is 0 Å². The summed E-state index contributed by atoms with van der Waals surface area (Å²) < 4.78 is 5.58. The topological polar surface area (TPSA) is 61.7 Å². The SMILES string of the molecule is CCOc1ccc(C)cc1C(O)C(C)NC(CC)CO. The fourth-order valence-corrected chi connectivity index (χ4v) is 2.22. The maximum atomic E-state index is 10.5. The van der Waals surface area contributed by atoms with E-state index in [2.05, 4.69) is 5.32 Å². The highest BCUT2D eigenvalue weighted by Gasteiger charge is 2.22. The van der Waals surface area contributed by atoms with E-state index >= 15 is 0 Å². The van der Waals surface area contributed by atoms with Crippen molar-refractivity contribution < 1.29 is 14.9 Å². The standard InChI is InChI=1S/C16H27NO3/c1-5-13(10-18)17-12(4)16(19)14-9-11(3)7-8-15(14)20-6-2/h7-9,12-13,16-19H,5-6,10H2,1-4H3. The number of ether oxygens (including phenoxy) is 1. The Morgan fingerprint density at radius 2 is 2.00 bits per heavy atom. The number of aryl methyl sites for hydroxylation is 1.